The van der Waals surface area contributed by atoms with E-state index in [1.807, 2.05) is 13.0 Å². The van der Waals surface area contributed by atoms with Gasteiger partial charge in [0.1, 0.15) is 17.0 Å². The van der Waals surface area contributed by atoms with Crippen LogP contribution in [0.15, 0.2) is 42.9 Å². The number of hydrogen-bond acceptors (Lipinski definition) is 6. The van der Waals surface area contributed by atoms with Crippen LogP contribution in [0.25, 0.3) is 33.4 Å². The number of urea groups is 1. The number of anilines is 1. The molecule has 30 heavy (non-hydrogen) atoms. The van der Waals surface area contributed by atoms with Crippen LogP contribution in [0, 0.1) is 5.82 Å². The maximum Gasteiger partial charge on any atom is 0.321 e. The second-order valence-electron chi connectivity index (χ2n) is 6.28. The summed E-state index contributed by atoms with van der Waals surface area (Å²) in [5.41, 5.74) is 3.10. The van der Waals surface area contributed by atoms with Gasteiger partial charge in [-0.25, -0.2) is 24.1 Å². The number of aromatic nitrogens is 5. The molecule has 0 bridgehead atoms. The molecule has 9 nitrogen and oxygen atoms in total. The maximum absolute atomic E-state index is 14.5. The van der Waals surface area contributed by atoms with Gasteiger partial charge >= 0.3 is 12.0 Å². The monoisotopic (exact) mass is 407 g/mol. The molecule has 0 aliphatic carbocycles. The third kappa shape index (κ3) is 3.75. The smallest absolute Gasteiger partial charge is 0.321 e. The molecule has 0 atom stereocenters. The molecule has 1 aromatic carbocycles. The van der Waals surface area contributed by atoms with E-state index in [-0.39, 0.29) is 17.7 Å². The zero-order valence-corrected chi connectivity index (χ0v) is 16.2. The third-order valence-corrected chi connectivity index (χ3v) is 4.31. The number of carbonyl (C=O) groups excluding carboxylic acids is 1. The first kappa shape index (κ1) is 19.2. The first-order valence-corrected chi connectivity index (χ1v) is 9.15. The standard InChI is InChI=1S/C20H18FN7O2/c1-3-22-19(29)28-18-26-15-8-11(12-9-24-20(30-2)25-10-12)7-13(17(15)27-18)16-14(21)5-4-6-23-16/h4-10H,3H2,1-2H3,(H3,22,26,27,28,29). The number of halogens is 1. The summed E-state index contributed by atoms with van der Waals surface area (Å²) >= 11 is 0. The number of benzene rings is 1. The van der Waals surface area contributed by atoms with Crippen LogP contribution in [0.2, 0.25) is 0 Å². The molecule has 0 saturated heterocycles. The van der Waals surface area contributed by atoms with E-state index in [0.717, 1.165) is 5.56 Å². The van der Waals surface area contributed by atoms with Crippen molar-refractivity contribution in [3.8, 4) is 28.4 Å². The van der Waals surface area contributed by atoms with Crippen molar-refractivity contribution in [1.82, 2.24) is 30.2 Å². The molecule has 0 fully saturated rings. The molecule has 0 aliphatic rings. The number of H-pyrrole nitrogens is 1. The van der Waals surface area contributed by atoms with Gasteiger partial charge in [0.25, 0.3) is 0 Å². The van der Waals surface area contributed by atoms with Gasteiger partial charge in [0.05, 0.1) is 12.6 Å². The highest BCUT2D eigenvalue weighted by Crippen LogP contribution is 2.33. The zero-order valence-electron chi connectivity index (χ0n) is 16.2. The van der Waals surface area contributed by atoms with Crippen molar-refractivity contribution in [1.29, 1.82) is 0 Å². The van der Waals surface area contributed by atoms with Gasteiger partial charge < -0.3 is 15.0 Å². The van der Waals surface area contributed by atoms with E-state index in [0.29, 0.717) is 28.7 Å². The van der Waals surface area contributed by atoms with Gasteiger partial charge in [0, 0.05) is 36.3 Å². The van der Waals surface area contributed by atoms with E-state index < -0.39 is 11.8 Å². The maximum atomic E-state index is 14.5. The molecule has 3 heterocycles. The van der Waals surface area contributed by atoms with Crippen molar-refractivity contribution in [2.75, 3.05) is 19.0 Å². The number of ether oxygens (including phenoxy) is 1. The average Bonchev–Trinajstić information content (AvgIpc) is 3.16. The highest BCUT2D eigenvalue weighted by atomic mass is 19.1. The van der Waals surface area contributed by atoms with E-state index in [1.165, 1.54) is 25.4 Å². The van der Waals surface area contributed by atoms with Crippen LogP contribution in [0.5, 0.6) is 6.01 Å². The summed E-state index contributed by atoms with van der Waals surface area (Å²) in [6, 6.07) is 6.27. The van der Waals surface area contributed by atoms with E-state index in [4.69, 9.17) is 4.74 Å². The summed E-state index contributed by atoms with van der Waals surface area (Å²) in [5.74, 6) is -0.250. The van der Waals surface area contributed by atoms with Crippen LogP contribution in [-0.4, -0.2) is 44.6 Å². The molecular weight excluding hydrogens is 389 g/mol. The Bertz CT molecular complexity index is 1210. The minimum atomic E-state index is -0.483. The number of aromatic amines is 1. The van der Waals surface area contributed by atoms with Crippen molar-refractivity contribution in [3.63, 3.8) is 0 Å². The number of rotatable bonds is 5. The molecule has 4 aromatic rings. The number of imidazole rings is 1. The number of amides is 2. The van der Waals surface area contributed by atoms with Crippen molar-refractivity contribution in [3.05, 3.63) is 48.7 Å². The number of pyridine rings is 1. The molecule has 0 aliphatic heterocycles. The Kier molecular flexibility index (Phi) is 5.21. The molecule has 2 amide bonds. The highest BCUT2D eigenvalue weighted by molar-refractivity contribution is 5.98. The van der Waals surface area contributed by atoms with Gasteiger partial charge in [0.2, 0.25) is 5.95 Å². The Labute approximate surface area is 170 Å². The zero-order chi connectivity index (χ0) is 21.1. The van der Waals surface area contributed by atoms with Gasteiger partial charge in [-0.2, -0.15) is 0 Å². The lowest BCUT2D eigenvalue weighted by Crippen LogP contribution is -2.28. The second-order valence-corrected chi connectivity index (χ2v) is 6.28. The van der Waals surface area contributed by atoms with Crippen LogP contribution in [-0.2, 0) is 0 Å². The Balaban J connectivity index is 1.87. The van der Waals surface area contributed by atoms with Crippen molar-refractivity contribution >= 4 is 23.0 Å². The summed E-state index contributed by atoms with van der Waals surface area (Å²) in [5, 5.41) is 5.26. The predicted octanol–water partition coefficient (Wildman–Crippen LogP) is 3.37. The Hall–Kier alpha value is -4.08. The van der Waals surface area contributed by atoms with E-state index in [9.17, 15) is 9.18 Å². The summed E-state index contributed by atoms with van der Waals surface area (Å²) in [6.07, 6.45) is 4.72. The van der Waals surface area contributed by atoms with Crippen LogP contribution < -0.4 is 15.4 Å². The molecular formula is C20H18FN7O2. The molecule has 3 N–H and O–H groups in total. The van der Waals surface area contributed by atoms with Crippen molar-refractivity contribution in [2.45, 2.75) is 6.92 Å². The lowest BCUT2D eigenvalue weighted by atomic mass is 10.0. The molecule has 4 rings (SSSR count). The normalized spacial score (nSPS) is 10.8. The minimum absolute atomic E-state index is 0.148. The van der Waals surface area contributed by atoms with Crippen LogP contribution in [0.4, 0.5) is 15.1 Å². The Morgan fingerprint density at radius 3 is 2.70 bits per heavy atom. The molecule has 0 spiro atoms. The fourth-order valence-corrected chi connectivity index (χ4v) is 2.99. The number of fused-ring (bicyclic) bond motifs is 1. The number of nitrogens with one attached hydrogen (secondary N) is 3. The van der Waals surface area contributed by atoms with Gasteiger partial charge in [-0.3, -0.25) is 10.3 Å². The molecule has 152 valence electrons. The van der Waals surface area contributed by atoms with Crippen LogP contribution in [0.1, 0.15) is 6.92 Å². The van der Waals surface area contributed by atoms with Gasteiger partial charge in [-0.15, -0.1) is 0 Å². The van der Waals surface area contributed by atoms with Crippen LogP contribution in [0.3, 0.4) is 0 Å². The molecule has 0 saturated carbocycles. The average molecular weight is 407 g/mol. The quantitative estimate of drug-likeness (QED) is 0.467. The largest absolute Gasteiger partial charge is 0.467 e. The molecule has 3 aromatic heterocycles. The van der Waals surface area contributed by atoms with Crippen molar-refractivity contribution in [2.24, 2.45) is 0 Å². The lowest BCUT2D eigenvalue weighted by molar-refractivity contribution is 0.252. The first-order valence-electron chi connectivity index (χ1n) is 9.15. The topological polar surface area (TPSA) is 118 Å². The number of methoxy groups -OCH3 is 1. The van der Waals surface area contributed by atoms with Crippen LogP contribution >= 0.6 is 0 Å². The Morgan fingerprint density at radius 2 is 2.00 bits per heavy atom. The minimum Gasteiger partial charge on any atom is -0.467 e. The van der Waals surface area contributed by atoms with Gasteiger partial charge in [0.15, 0.2) is 0 Å². The van der Waals surface area contributed by atoms with E-state index in [2.05, 4.69) is 35.6 Å². The number of carbonyl (C=O) groups is 1. The highest BCUT2D eigenvalue weighted by Gasteiger charge is 2.17. The SMILES string of the molecule is CCNC(=O)Nc1nc2c(-c3ncccc3F)cc(-c3cnc(OC)nc3)cc2[nH]1. The summed E-state index contributed by atoms with van der Waals surface area (Å²) in [4.78, 5) is 31.8. The van der Waals surface area contributed by atoms with Gasteiger partial charge in [-0.05, 0) is 36.8 Å². The van der Waals surface area contributed by atoms with Gasteiger partial charge in [-0.1, -0.05) is 0 Å². The summed E-state index contributed by atoms with van der Waals surface area (Å²) in [6.45, 7) is 2.28. The fraction of sp³-hybridized carbons (Fsp3) is 0.150. The predicted molar refractivity (Wildman–Crippen MR) is 110 cm³/mol. The summed E-state index contributed by atoms with van der Waals surface area (Å²) in [7, 11) is 1.48. The van der Waals surface area contributed by atoms with Crippen molar-refractivity contribution < 1.29 is 13.9 Å². The third-order valence-electron chi connectivity index (χ3n) is 4.31. The fourth-order valence-electron chi connectivity index (χ4n) is 2.99. The number of hydrogen-bond donors (Lipinski definition) is 3. The number of nitrogens with zero attached hydrogens (tertiary/aromatic N) is 4. The molecule has 10 heteroatoms. The summed E-state index contributed by atoms with van der Waals surface area (Å²) < 4.78 is 19.5. The van der Waals surface area contributed by atoms with E-state index in [1.54, 1.807) is 18.5 Å². The second kappa shape index (κ2) is 8.11. The molecule has 0 unspecified atom stereocenters. The lowest BCUT2D eigenvalue weighted by Gasteiger charge is -2.08. The first-order chi connectivity index (χ1) is 14.6. The van der Waals surface area contributed by atoms with E-state index >= 15 is 0 Å². The molecule has 0 radical (unpaired) electrons. The Morgan fingerprint density at radius 1 is 1.20 bits per heavy atom.